The maximum absolute atomic E-state index is 12.4. The average molecular weight is 518 g/mol. The van der Waals surface area contributed by atoms with Crippen molar-refractivity contribution >= 4 is 43.3 Å². The summed E-state index contributed by atoms with van der Waals surface area (Å²) >= 11 is 7.46. The summed E-state index contributed by atoms with van der Waals surface area (Å²) in [6.45, 7) is 7.70. The van der Waals surface area contributed by atoms with Crippen LogP contribution in [0.2, 0.25) is 0 Å². The van der Waals surface area contributed by atoms with Crippen LogP contribution in [0.25, 0.3) is 5.57 Å². The first-order valence-electron chi connectivity index (χ1n) is 10.3. The topological polar surface area (TPSA) is 33.2 Å². The van der Waals surface area contributed by atoms with Gasteiger partial charge in [-0.15, -0.1) is 0 Å². The van der Waals surface area contributed by atoms with E-state index >= 15 is 0 Å². The maximum Gasteiger partial charge on any atom is 0.225 e. The van der Waals surface area contributed by atoms with Gasteiger partial charge in [0.05, 0.1) is 5.69 Å². The number of piperidine rings is 1. The van der Waals surface area contributed by atoms with Gasteiger partial charge in [-0.25, -0.2) is 0 Å². The number of pyridine rings is 1. The summed E-state index contributed by atoms with van der Waals surface area (Å²) in [5, 5.41) is 0. The molecule has 5 heteroatoms. The summed E-state index contributed by atoms with van der Waals surface area (Å²) in [6, 6.07) is 6.74. The molecule has 3 nitrogen and oxygen atoms in total. The first-order chi connectivity index (χ1) is 13.8. The van der Waals surface area contributed by atoms with Crippen LogP contribution >= 0.6 is 31.9 Å². The van der Waals surface area contributed by atoms with Crippen LogP contribution in [0, 0.1) is 12.8 Å². The molecular weight excluding hydrogens is 492 g/mol. The zero-order chi connectivity index (χ0) is 20.7. The third-order valence-corrected chi connectivity index (χ3v) is 6.99. The fraction of sp³-hybridized carbons (Fsp3) is 0.417. The number of likely N-dealkylation sites (tertiary alicyclic amines) is 1. The third-order valence-electron chi connectivity index (χ3n) is 5.93. The second-order valence-corrected chi connectivity index (χ2v) is 10.2. The molecule has 0 atom stereocenters. The summed E-state index contributed by atoms with van der Waals surface area (Å²) in [5.41, 5.74) is 9.05. The summed E-state index contributed by atoms with van der Waals surface area (Å²) in [4.78, 5) is 19.3. The number of amides is 1. The first-order valence-corrected chi connectivity index (χ1v) is 11.9. The van der Waals surface area contributed by atoms with Crippen LogP contribution in [0.15, 0.2) is 38.9 Å². The highest BCUT2D eigenvalue weighted by Gasteiger charge is 2.28. The van der Waals surface area contributed by atoms with Crippen molar-refractivity contribution in [2.45, 2.75) is 46.5 Å². The quantitative estimate of drug-likeness (QED) is 0.458. The lowest BCUT2D eigenvalue weighted by molar-refractivity contribution is -0.134. The number of nitrogens with zero attached hydrogens (tertiary/aromatic N) is 2. The fourth-order valence-electron chi connectivity index (χ4n) is 4.53. The molecule has 0 saturated carbocycles. The monoisotopic (exact) mass is 516 g/mol. The van der Waals surface area contributed by atoms with Gasteiger partial charge in [-0.3, -0.25) is 9.78 Å². The van der Waals surface area contributed by atoms with E-state index in [0.29, 0.717) is 0 Å². The molecule has 0 N–H and O–H groups in total. The highest BCUT2D eigenvalue weighted by atomic mass is 79.9. The summed E-state index contributed by atoms with van der Waals surface area (Å²) in [6.07, 6.45) is 5.72. The molecule has 4 rings (SSSR count). The first kappa shape index (κ1) is 20.8. The van der Waals surface area contributed by atoms with E-state index in [9.17, 15) is 4.79 Å². The predicted molar refractivity (Wildman–Crippen MR) is 125 cm³/mol. The summed E-state index contributed by atoms with van der Waals surface area (Å²) < 4.78 is 2.17. The van der Waals surface area contributed by atoms with Crippen molar-refractivity contribution < 1.29 is 4.79 Å². The van der Waals surface area contributed by atoms with E-state index in [4.69, 9.17) is 4.98 Å². The molecule has 2 aromatic rings. The van der Waals surface area contributed by atoms with Crippen LogP contribution < -0.4 is 0 Å². The van der Waals surface area contributed by atoms with Crippen LogP contribution in [0.4, 0.5) is 0 Å². The molecule has 1 aromatic carbocycles. The molecule has 1 amide bonds. The number of carbonyl (C=O) groups excluding carboxylic acids is 1. The Morgan fingerprint density at radius 2 is 1.72 bits per heavy atom. The number of fused-ring (bicyclic) bond motifs is 2. The smallest absolute Gasteiger partial charge is 0.225 e. The molecule has 1 aliphatic carbocycles. The van der Waals surface area contributed by atoms with Crippen molar-refractivity contribution in [2.24, 2.45) is 5.92 Å². The average Bonchev–Trinajstić information content (AvgIpc) is 2.84. The zero-order valence-corrected chi connectivity index (χ0v) is 20.4. The van der Waals surface area contributed by atoms with Gasteiger partial charge in [0.1, 0.15) is 0 Å². The molecule has 2 aliphatic rings. The lowest BCUT2D eigenvalue weighted by Gasteiger charge is -2.31. The SMILES string of the molecule is Cc1cc(Br)c2c(c1)CCc1cc(Br)cnc1C2=C1CCN(C(=O)C(C)C)CC1. The van der Waals surface area contributed by atoms with E-state index in [0.717, 1.165) is 53.4 Å². The number of rotatable bonds is 1. The Bertz CT molecular complexity index is 1000. The number of carbonyl (C=O) groups is 1. The third kappa shape index (κ3) is 4.09. The Balaban J connectivity index is 1.84. The molecule has 1 aromatic heterocycles. The molecule has 29 heavy (non-hydrogen) atoms. The van der Waals surface area contributed by atoms with Gasteiger partial charge in [-0.2, -0.15) is 0 Å². The van der Waals surface area contributed by atoms with Gasteiger partial charge in [0, 0.05) is 45.3 Å². The van der Waals surface area contributed by atoms with Crippen molar-refractivity contribution in [3.8, 4) is 0 Å². The van der Waals surface area contributed by atoms with Crippen molar-refractivity contribution in [3.63, 3.8) is 0 Å². The van der Waals surface area contributed by atoms with Gasteiger partial charge < -0.3 is 4.90 Å². The van der Waals surface area contributed by atoms with E-state index in [1.807, 2.05) is 24.9 Å². The number of halogens is 2. The lowest BCUT2D eigenvalue weighted by atomic mass is 9.88. The van der Waals surface area contributed by atoms with Crippen molar-refractivity contribution in [2.75, 3.05) is 13.1 Å². The van der Waals surface area contributed by atoms with E-state index in [-0.39, 0.29) is 11.8 Å². The molecule has 1 aliphatic heterocycles. The molecule has 2 heterocycles. The summed E-state index contributed by atoms with van der Waals surface area (Å²) in [5.74, 6) is 0.314. The normalized spacial score (nSPS) is 16.6. The van der Waals surface area contributed by atoms with Crippen LogP contribution in [0.5, 0.6) is 0 Å². The number of hydrogen-bond acceptors (Lipinski definition) is 2. The molecule has 0 bridgehead atoms. The van der Waals surface area contributed by atoms with E-state index in [1.165, 1.54) is 33.4 Å². The standard InChI is InChI=1S/C24H26Br2N2O/c1-14(2)24(29)28-8-6-16(7-9-28)22-21-17(10-15(3)11-20(21)26)4-5-18-12-19(25)13-27-23(18)22/h10-14H,4-9H2,1-3H3. The highest BCUT2D eigenvalue weighted by molar-refractivity contribution is 9.10. The highest BCUT2D eigenvalue weighted by Crippen LogP contribution is 2.42. The van der Waals surface area contributed by atoms with Crippen LogP contribution in [0.3, 0.4) is 0 Å². The van der Waals surface area contributed by atoms with Crippen molar-refractivity contribution in [1.82, 2.24) is 9.88 Å². The van der Waals surface area contributed by atoms with Crippen molar-refractivity contribution in [1.29, 1.82) is 0 Å². The molecule has 0 unspecified atom stereocenters. The van der Waals surface area contributed by atoms with E-state index in [2.05, 4.69) is 57.0 Å². The molecule has 152 valence electrons. The van der Waals surface area contributed by atoms with Crippen LogP contribution in [0.1, 0.15) is 54.6 Å². The summed E-state index contributed by atoms with van der Waals surface area (Å²) in [7, 11) is 0. The number of aryl methyl sites for hydroxylation is 3. The Hall–Kier alpha value is -1.46. The second kappa shape index (κ2) is 8.35. The van der Waals surface area contributed by atoms with Crippen molar-refractivity contribution in [3.05, 3.63) is 66.9 Å². The van der Waals surface area contributed by atoms with Gasteiger partial charge in [0.15, 0.2) is 0 Å². The lowest BCUT2D eigenvalue weighted by Crippen LogP contribution is -2.39. The minimum absolute atomic E-state index is 0.0553. The van der Waals surface area contributed by atoms with E-state index in [1.54, 1.807) is 0 Å². The second-order valence-electron chi connectivity index (χ2n) is 8.40. The Labute approximate surface area is 189 Å². The van der Waals surface area contributed by atoms with Gasteiger partial charge in [0.25, 0.3) is 0 Å². The van der Waals surface area contributed by atoms with Gasteiger partial charge in [-0.05, 0) is 77.4 Å². The Kier molecular flexibility index (Phi) is 5.99. The Morgan fingerprint density at radius 3 is 2.41 bits per heavy atom. The Morgan fingerprint density at radius 1 is 1.03 bits per heavy atom. The van der Waals surface area contributed by atoms with E-state index < -0.39 is 0 Å². The number of hydrogen-bond donors (Lipinski definition) is 0. The van der Waals surface area contributed by atoms with Gasteiger partial charge in [-0.1, -0.05) is 41.4 Å². The molecule has 0 radical (unpaired) electrons. The molecule has 1 fully saturated rings. The minimum atomic E-state index is 0.0553. The fourth-order valence-corrected chi connectivity index (χ4v) is 5.72. The van der Waals surface area contributed by atoms with Gasteiger partial charge in [0.2, 0.25) is 5.91 Å². The largest absolute Gasteiger partial charge is 0.342 e. The maximum atomic E-state index is 12.4. The van der Waals surface area contributed by atoms with Gasteiger partial charge >= 0.3 is 0 Å². The number of benzene rings is 1. The van der Waals surface area contributed by atoms with Crippen LogP contribution in [-0.2, 0) is 17.6 Å². The zero-order valence-electron chi connectivity index (χ0n) is 17.2. The molecular formula is C24H26Br2N2O. The predicted octanol–water partition coefficient (Wildman–Crippen LogP) is 6.09. The number of aromatic nitrogens is 1. The molecule has 0 spiro atoms. The van der Waals surface area contributed by atoms with Crippen LogP contribution in [-0.4, -0.2) is 28.9 Å². The molecule has 1 saturated heterocycles. The minimum Gasteiger partial charge on any atom is -0.342 e.